The van der Waals surface area contributed by atoms with Gasteiger partial charge < -0.3 is 32.8 Å². The Bertz CT molecular complexity index is 2080. The van der Waals surface area contributed by atoms with Crippen molar-refractivity contribution in [1.82, 2.24) is 9.24 Å². The Kier molecular flexibility index (Phi) is 13.6. The van der Waals surface area contributed by atoms with Crippen LogP contribution in [0.4, 0.5) is 0 Å². The second-order valence-electron chi connectivity index (χ2n) is 14.5. The van der Waals surface area contributed by atoms with Crippen molar-refractivity contribution in [3.8, 4) is 11.5 Å². The Morgan fingerprint density at radius 2 is 1.46 bits per heavy atom. The molecule has 0 N–H and O–H groups in total. The molecule has 0 spiro atoms. The molecule has 0 amide bonds. The van der Waals surface area contributed by atoms with E-state index in [-0.39, 0.29) is 37.4 Å². The van der Waals surface area contributed by atoms with Crippen LogP contribution in [0.25, 0.3) is 15.6 Å². The van der Waals surface area contributed by atoms with Crippen molar-refractivity contribution in [2.24, 2.45) is 0 Å². The quantitative estimate of drug-likeness (QED) is 0.0400. The van der Waals surface area contributed by atoms with E-state index in [1.165, 1.54) is 0 Å². The summed E-state index contributed by atoms with van der Waals surface area (Å²) in [6, 6.07) is 34.0. The highest BCUT2D eigenvalue weighted by Crippen LogP contribution is 2.49. The van der Waals surface area contributed by atoms with E-state index in [1.54, 1.807) is 18.8 Å². The van der Waals surface area contributed by atoms with Crippen LogP contribution in [0.2, 0.25) is 0 Å². The van der Waals surface area contributed by atoms with Crippen LogP contribution in [-0.4, -0.2) is 67.5 Å². The zero-order valence-corrected chi connectivity index (χ0v) is 34.1. The first kappa shape index (κ1) is 41.1. The third-order valence-corrected chi connectivity index (χ3v) is 12.2. The summed E-state index contributed by atoms with van der Waals surface area (Å²) in [5.41, 5.74) is 2.48. The Morgan fingerprint density at radius 3 is 2.04 bits per heavy atom. The number of fused-ring (bicyclic) bond motifs is 1. The molecule has 11 heteroatoms. The predicted octanol–water partition coefficient (Wildman–Crippen LogP) is 9.29. The fraction of sp³-hybridized carbons (Fsp3) is 0.378. The minimum Gasteiger partial charge on any atom is -0.497 e. The number of nitrogens with zero attached hydrogens (tertiary/aromatic N) is 3. The van der Waals surface area contributed by atoms with E-state index in [1.807, 2.05) is 104 Å². The standard InChI is InChI=1S/C45H52N3O7P/c1-31(2)48(32(3)4)56(52-27-25-46-6)53-30-42-41(29-43(54-42)47-26-24-34-28-33(5)14-23-40(34)44(47)49)55-45(35-12-10-9-11-13-35,36-15-19-38(50-7)20-16-36)37-17-21-39(51-8)22-18-37/h9-24,26,28,31-32,41-43H,25,27,29-30H2,1-5,7-8H3/t41-,42-,43-,56?/m1/s1. The minimum atomic E-state index is -1.57. The lowest BCUT2D eigenvalue weighted by Crippen LogP contribution is -2.41. The van der Waals surface area contributed by atoms with Gasteiger partial charge in [-0.1, -0.05) is 72.3 Å². The highest BCUT2D eigenvalue weighted by Gasteiger charge is 2.47. The van der Waals surface area contributed by atoms with E-state index in [0.717, 1.165) is 39.1 Å². The topological polar surface area (TPSA) is 85.0 Å². The zero-order chi connectivity index (χ0) is 39.8. The number of pyridine rings is 1. The lowest BCUT2D eigenvalue weighted by atomic mass is 9.79. The molecule has 1 aliphatic heterocycles. The molecule has 6 rings (SSSR count). The van der Waals surface area contributed by atoms with E-state index in [0.29, 0.717) is 11.8 Å². The normalized spacial score (nSPS) is 17.8. The SMILES string of the molecule is [C-]#[N+]CCOP(OC[C@H]1O[C@@H](n2ccc3cc(C)ccc3c2=O)C[C@H]1OC(c1ccccc1)(c1ccc(OC)cc1)c1ccc(OC)cc1)N(C(C)C)C(C)C. The molecule has 294 valence electrons. The Morgan fingerprint density at radius 1 is 0.857 bits per heavy atom. The molecule has 4 aromatic carbocycles. The smallest absolute Gasteiger partial charge is 0.260 e. The summed E-state index contributed by atoms with van der Waals surface area (Å²) in [6.45, 7) is 18.4. The monoisotopic (exact) mass is 777 g/mol. The van der Waals surface area contributed by atoms with E-state index in [2.05, 4.69) is 49.3 Å². The molecular weight excluding hydrogens is 725 g/mol. The molecule has 0 bridgehead atoms. The van der Waals surface area contributed by atoms with Crippen molar-refractivity contribution in [2.75, 3.05) is 34.0 Å². The lowest BCUT2D eigenvalue weighted by Gasteiger charge is -2.39. The number of ether oxygens (including phenoxy) is 4. The molecule has 56 heavy (non-hydrogen) atoms. The van der Waals surface area contributed by atoms with Gasteiger partial charge in [-0.15, -0.1) is 0 Å². The largest absolute Gasteiger partial charge is 0.497 e. The van der Waals surface area contributed by atoms with Crippen molar-refractivity contribution >= 4 is 19.3 Å². The Labute approximate surface area is 331 Å². The number of hydrogen-bond donors (Lipinski definition) is 0. The average Bonchev–Trinajstić information content (AvgIpc) is 3.60. The van der Waals surface area contributed by atoms with Crippen molar-refractivity contribution in [3.05, 3.63) is 153 Å². The molecule has 1 aliphatic rings. The predicted molar refractivity (Wildman–Crippen MR) is 221 cm³/mol. The first-order valence-electron chi connectivity index (χ1n) is 19.1. The lowest BCUT2D eigenvalue weighted by molar-refractivity contribution is -0.0973. The molecule has 1 aromatic heterocycles. The third kappa shape index (κ3) is 8.85. The first-order chi connectivity index (χ1) is 27.1. The van der Waals surface area contributed by atoms with Gasteiger partial charge in [0.2, 0.25) is 6.54 Å². The van der Waals surface area contributed by atoms with Gasteiger partial charge in [0.1, 0.15) is 36.0 Å². The number of rotatable bonds is 17. The van der Waals surface area contributed by atoms with E-state index in [9.17, 15) is 4.79 Å². The van der Waals surface area contributed by atoms with Crippen LogP contribution in [-0.2, 0) is 24.1 Å². The van der Waals surface area contributed by atoms with Crippen molar-refractivity contribution in [1.29, 1.82) is 0 Å². The summed E-state index contributed by atoms with van der Waals surface area (Å²) in [7, 11) is 1.73. The molecule has 1 fully saturated rings. The maximum Gasteiger partial charge on any atom is 0.260 e. The fourth-order valence-electron chi connectivity index (χ4n) is 7.46. The number of hydrogen-bond acceptors (Lipinski definition) is 8. The second kappa shape index (κ2) is 18.6. The number of methoxy groups -OCH3 is 2. The molecule has 5 aromatic rings. The third-order valence-electron chi connectivity index (χ3n) is 10.1. The molecule has 10 nitrogen and oxygen atoms in total. The summed E-state index contributed by atoms with van der Waals surface area (Å²) in [5.74, 6) is 1.44. The van der Waals surface area contributed by atoms with Crippen LogP contribution in [0.15, 0.2) is 114 Å². The molecule has 1 unspecified atom stereocenters. The van der Waals surface area contributed by atoms with Gasteiger partial charge in [0.05, 0.1) is 26.9 Å². The van der Waals surface area contributed by atoms with Crippen LogP contribution >= 0.6 is 8.53 Å². The second-order valence-corrected chi connectivity index (χ2v) is 15.9. The highest BCUT2D eigenvalue weighted by atomic mass is 31.2. The maximum atomic E-state index is 14.1. The molecule has 0 radical (unpaired) electrons. The summed E-state index contributed by atoms with van der Waals surface area (Å²) < 4.78 is 42.5. The number of aryl methyl sites for hydroxylation is 1. The summed E-state index contributed by atoms with van der Waals surface area (Å²) in [5, 5.41) is 1.50. The first-order valence-corrected chi connectivity index (χ1v) is 20.2. The van der Waals surface area contributed by atoms with Gasteiger partial charge in [-0.25, -0.2) is 11.2 Å². The van der Waals surface area contributed by atoms with Gasteiger partial charge in [0.15, 0.2) is 0 Å². The van der Waals surface area contributed by atoms with Crippen LogP contribution in [0.1, 0.15) is 62.6 Å². The number of aromatic nitrogens is 1. The molecule has 2 heterocycles. The van der Waals surface area contributed by atoms with Crippen molar-refractivity contribution < 1.29 is 28.0 Å². The molecular formula is C45H52N3O7P. The van der Waals surface area contributed by atoms with E-state index >= 15 is 0 Å². The van der Waals surface area contributed by atoms with Crippen LogP contribution in [0, 0.1) is 13.5 Å². The fourth-order valence-corrected chi connectivity index (χ4v) is 9.06. The van der Waals surface area contributed by atoms with Crippen molar-refractivity contribution in [3.63, 3.8) is 0 Å². The Balaban J connectivity index is 1.47. The van der Waals surface area contributed by atoms with Gasteiger partial charge in [0.25, 0.3) is 14.1 Å². The van der Waals surface area contributed by atoms with Gasteiger partial charge in [0, 0.05) is 30.1 Å². The Hall–Kier alpha value is -4.59. The minimum absolute atomic E-state index is 0.119. The molecule has 1 saturated heterocycles. The highest BCUT2D eigenvalue weighted by molar-refractivity contribution is 7.44. The zero-order valence-electron chi connectivity index (χ0n) is 33.3. The van der Waals surface area contributed by atoms with Gasteiger partial charge in [-0.2, -0.15) is 0 Å². The van der Waals surface area contributed by atoms with Crippen LogP contribution < -0.4 is 15.0 Å². The summed E-state index contributed by atoms with van der Waals surface area (Å²) in [4.78, 5) is 17.6. The number of benzene rings is 4. The van der Waals surface area contributed by atoms with Gasteiger partial charge in [-0.3, -0.25) is 9.36 Å². The average molecular weight is 778 g/mol. The van der Waals surface area contributed by atoms with E-state index in [4.69, 9.17) is 34.6 Å². The van der Waals surface area contributed by atoms with Gasteiger partial charge >= 0.3 is 0 Å². The van der Waals surface area contributed by atoms with Crippen LogP contribution in [0.5, 0.6) is 11.5 Å². The van der Waals surface area contributed by atoms with Crippen LogP contribution in [0.3, 0.4) is 0 Å². The maximum absolute atomic E-state index is 14.1. The molecule has 0 saturated carbocycles. The van der Waals surface area contributed by atoms with Gasteiger partial charge in [-0.05, 0) is 93.1 Å². The van der Waals surface area contributed by atoms with Crippen molar-refractivity contribution in [2.45, 2.75) is 77.2 Å². The summed E-state index contributed by atoms with van der Waals surface area (Å²) >= 11 is 0. The summed E-state index contributed by atoms with van der Waals surface area (Å²) in [6.07, 6.45) is 0.340. The van der Waals surface area contributed by atoms with E-state index < -0.39 is 32.6 Å². The molecule has 4 atom stereocenters. The molecule has 0 aliphatic carbocycles.